The number of carbonyl (C=O) groups excluding carboxylic acids is 2. The summed E-state index contributed by atoms with van der Waals surface area (Å²) in [6.07, 6.45) is 6.97. The van der Waals surface area contributed by atoms with Gasteiger partial charge in [0.15, 0.2) is 0 Å². The number of aromatic nitrogens is 2. The minimum absolute atomic E-state index is 0.0213. The number of piperidine rings is 1. The summed E-state index contributed by atoms with van der Waals surface area (Å²) in [6, 6.07) is -0.0304. The van der Waals surface area contributed by atoms with Crippen LogP contribution in [-0.2, 0) is 16.0 Å². The van der Waals surface area contributed by atoms with Gasteiger partial charge < -0.3 is 9.80 Å². The number of aryl methyl sites for hydroxylation is 2. The lowest BCUT2D eigenvalue weighted by molar-refractivity contribution is -0.134. The summed E-state index contributed by atoms with van der Waals surface area (Å²) in [5, 5.41) is 0.751. The Labute approximate surface area is 180 Å². The first-order chi connectivity index (χ1) is 14.5. The maximum atomic E-state index is 13.2. The second-order valence-corrected chi connectivity index (χ2v) is 9.55. The molecule has 2 aromatic rings. The second-order valence-electron chi connectivity index (χ2n) is 8.35. The molecule has 2 aliphatic heterocycles. The number of amides is 2. The van der Waals surface area contributed by atoms with E-state index in [0.717, 1.165) is 59.4 Å². The molecule has 0 spiro atoms. The van der Waals surface area contributed by atoms with E-state index in [-0.39, 0.29) is 23.4 Å². The summed E-state index contributed by atoms with van der Waals surface area (Å²) in [7, 11) is 0. The van der Waals surface area contributed by atoms with Crippen molar-refractivity contribution in [1.29, 1.82) is 0 Å². The van der Waals surface area contributed by atoms with Crippen molar-refractivity contribution in [1.82, 2.24) is 19.4 Å². The van der Waals surface area contributed by atoms with E-state index in [4.69, 9.17) is 0 Å². The van der Waals surface area contributed by atoms with Crippen LogP contribution in [0.15, 0.2) is 11.1 Å². The summed E-state index contributed by atoms with van der Waals surface area (Å²) < 4.78 is 1.75. The number of likely N-dealkylation sites (tertiary alicyclic amines) is 2. The largest absolute Gasteiger partial charge is 0.343 e. The van der Waals surface area contributed by atoms with Gasteiger partial charge >= 0.3 is 0 Å². The number of nitrogens with zero attached hydrogens (tertiary/aromatic N) is 4. The third-order valence-electron chi connectivity index (χ3n) is 6.42. The molecule has 0 aromatic carbocycles. The van der Waals surface area contributed by atoms with E-state index < -0.39 is 0 Å². The quantitative estimate of drug-likeness (QED) is 0.706. The summed E-state index contributed by atoms with van der Waals surface area (Å²) in [5.41, 5.74) is 1.12. The number of carbonyl (C=O) groups is 2. The van der Waals surface area contributed by atoms with Crippen LogP contribution < -0.4 is 5.56 Å². The van der Waals surface area contributed by atoms with E-state index in [9.17, 15) is 14.4 Å². The number of fused-ring (bicyclic) bond motifs is 1. The summed E-state index contributed by atoms with van der Waals surface area (Å²) in [4.78, 5) is 48.0. The summed E-state index contributed by atoms with van der Waals surface area (Å²) >= 11 is 1.58. The van der Waals surface area contributed by atoms with Crippen molar-refractivity contribution in [2.24, 2.45) is 0 Å². The minimum atomic E-state index is -0.0304. The Hall–Kier alpha value is -2.22. The zero-order valence-corrected chi connectivity index (χ0v) is 18.7. The summed E-state index contributed by atoms with van der Waals surface area (Å²) in [5.74, 6) is 0.326. The number of hydrogen-bond donors (Lipinski definition) is 0. The van der Waals surface area contributed by atoms with Crippen molar-refractivity contribution in [3.8, 4) is 0 Å². The van der Waals surface area contributed by atoms with Crippen LogP contribution >= 0.6 is 11.3 Å². The molecule has 0 bridgehead atoms. The van der Waals surface area contributed by atoms with E-state index in [1.54, 1.807) is 22.2 Å². The average Bonchev–Trinajstić information content (AvgIpc) is 3.30. The van der Waals surface area contributed by atoms with Gasteiger partial charge in [-0.25, -0.2) is 4.98 Å². The van der Waals surface area contributed by atoms with Crippen molar-refractivity contribution < 1.29 is 9.59 Å². The van der Waals surface area contributed by atoms with Gasteiger partial charge in [0.2, 0.25) is 11.8 Å². The summed E-state index contributed by atoms with van der Waals surface area (Å²) in [6.45, 7) is 6.89. The Morgan fingerprint density at radius 1 is 1.27 bits per heavy atom. The van der Waals surface area contributed by atoms with Gasteiger partial charge in [0.05, 0.1) is 17.8 Å². The number of hydrogen-bond acceptors (Lipinski definition) is 5. The molecule has 4 rings (SSSR count). The molecular weight excluding hydrogens is 400 g/mol. The molecular formula is C22H30N4O3S. The van der Waals surface area contributed by atoms with Crippen LogP contribution in [0.4, 0.5) is 0 Å². The molecule has 2 aliphatic rings. The monoisotopic (exact) mass is 430 g/mol. The minimum Gasteiger partial charge on any atom is -0.343 e. The van der Waals surface area contributed by atoms with Crippen LogP contribution in [0.25, 0.3) is 10.2 Å². The van der Waals surface area contributed by atoms with Crippen molar-refractivity contribution in [3.05, 3.63) is 27.1 Å². The molecule has 2 aromatic heterocycles. The van der Waals surface area contributed by atoms with Crippen molar-refractivity contribution in [2.75, 3.05) is 26.2 Å². The van der Waals surface area contributed by atoms with Gasteiger partial charge in [0.1, 0.15) is 4.83 Å². The van der Waals surface area contributed by atoms with Gasteiger partial charge in [-0.05, 0) is 44.6 Å². The zero-order chi connectivity index (χ0) is 21.3. The highest BCUT2D eigenvalue weighted by Crippen LogP contribution is 2.28. The molecule has 0 aliphatic carbocycles. The molecule has 0 radical (unpaired) electrons. The number of rotatable bonds is 6. The van der Waals surface area contributed by atoms with E-state index in [1.165, 1.54) is 0 Å². The molecule has 162 valence electrons. The molecule has 7 nitrogen and oxygen atoms in total. The standard InChI is InChI=1S/C22H30N4O3S/c1-3-17-15(2)30-21-20(17)22(29)26(14-23-21)16-7-4-12-25(13-16)19(28)9-6-11-24-10-5-8-18(24)27/h14,16H,3-13H2,1-2H3. The fraction of sp³-hybridized carbons (Fsp3) is 0.636. The van der Waals surface area contributed by atoms with Crippen LogP contribution in [0.2, 0.25) is 0 Å². The predicted molar refractivity (Wildman–Crippen MR) is 118 cm³/mol. The molecule has 4 heterocycles. The van der Waals surface area contributed by atoms with E-state index in [1.807, 2.05) is 16.7 Å². The lowest BCUT2D eigenvalue weighted by atomic mass is 10.0. The topological polar surface area (TPSA) is 75.5 Å². The van der Waals surface area contributed by atoms with Crippen LogP contribution in [0.5, 0.6) is 0 Å². The first-order valence-electron chi connectivity index (χ1n) is 11.0. The number of thiophene rings is 1. The Bertz CT molecular complexity index is 1010. The maximum Gasteiger partial charge on any atom is 0.262 e. The SMILES string of the molecule is CCc1c(C)sc2ncn(C3CCCN(C(=O)CCCN4CCCC4=O)C3)c(=O)c12. The van der Waals surface area contributed by atoms with Crippen LogP contribution in [0.1, 0.15) is 61.9 Å². The van der Waals surface area contributed by atoms with Gasteiger partial charge in [-0.2, -0.15) is 0 Å². The Morgan fingerprint density at radius 3 is 2.83 bits per heavy atom. The van der Waals surface area contributed by atoms with Crippen molar-refractivity contribution in [2.45, 2.75) is 64.8 Å². The van der Waals surface area contributed by atoms with Crippen molar-refractivity contribution in [3.63, 3.8) is 0 Å². The van der Waals surface area contributed by atoms with Gasteiger partial charge in [-0.3, -0.25) is 19.0 Å². The highest BCUT2D eigenvalue weighted by molar-refractivity contribution is 7.18. The Balaban J connectivity index is 1.43. The smallest absolute Gasteiger partial charge is 0.262 e. The Morgan fingerprint density at radius 2 is 2.10 bits per heavy atom. The van der Waals surface area contributed by atoms with Gasteiger partial charge in [0, 0.05) is 43.9 Å². The van der Waals surface area contributed by atoms with Gasteiger partial charge in [-0.1, -0.05) is 6.92 Å². The fourth-order valence-corrected chi connectivity index (χ4v) is 5.86. The zero-order valence-electron chi connectivity index (χ0n) is 17.9. The molecule has 30 heavy (non-hydrogen) atoms. The molecule has 1 atom stereocenters. The maximum absolute atomic E-state index is 13.2. The average molecular weight is 431 g/mol. The molecule has 8 heteroatoms. The van der Waals surface area contributed by atoms with Crippen LogP contribution in [-0.4, -0.2) is 57.3 Å². The lowest BCUT2D eigenvalue weighted by Gasteiger charge is -2.33. The highest BCUT2D eigenvalue weighted by atomic mass is 32.1. The third kappa shape index (κ3) is 4.02. The van der Waals surface area contributed by atoms with E-state index >= 15 is 0 Å². The third-order valence-corrected chi connectivity index (χ3v) is 7.48. The van der Waals surface area contributed by atoms with Crippen molar-refractivity contribution >= 4 is 33.4 Å². The fourth-order valence-electron chi connectivity index (χ4n) is 4.78. The molecule has 2 fully saturated rings. The van der Waals surface area contributed by atoms with Crippen LogP contribution in [0.3, 0.4) is 0 Å². The predicted octanol–water partition coefficient (Wildman–Crippen LogP) is 2.89. The normalized spacial score (nSPS) is 19.8. The lowest BCUT2D eigenvalue weighted by Crippen LogP contribution is -2.43. The highest BCUT2D eigenvalue weighted by Gasteiger charge is 2.27. The molecule has 0 N–H and O–H groups in total. The Kier molecular flexibility index (Phi) is 6.22. The molecule has 1 unspecified atom stereocenters. The first kappa shape index (κ1) is 21.0. The molecule has 2 amide bonds. The van der Waals surface area contributed by atoms with Crippen LogP contribution in [0, 0.1) is 6.92 Å². The molecule has 2 saturated heterocycles. The first-order valence-corrected chi connectivity index (χ1v) is 11.9. The van der Waals surface area contributed by atoms with Gasteiger partial charge in [-0.15, -0.1) is 11.3 Å². The van der Waals surface area contributed by atoms with E-state index in [0.29, 0.717) is 32.4 Å². The van der Waals surface area contributed by atoms with E-state index in [2.05, 4.69) is 11.9 Å². The second kappa shape index (κ2) is 8.88. The molecule has 0 saturated carbocycles. The van der Waals surface area contributed by atoms with Gasteiger partial charge in [0.25, 0.3) is 5.56 Å².